The van der Waals surface area contributed by atoms with Crippen LogP contribution in [0.1, 0.15) is 11.1 Å². The van der Waals surface area contributed by atoms with E-state index in [4.69, 9.17) is 4.74 Å². The van der Waals surface area contributed by atoms with Crippen LogP contribution >= 0.6 is 11.5 Å². The highest BCUT2D eigenvalue weighted by atomic mass is 32.1. The lowest BCUT2D eigenvalue weighted by molar-refractivity contribution is -0.138. The molecule has 5 nitrogen and oxygen atoms in total. The second-order valence-electron chi connectivity index (χ2n) is 5.84. The second-order valence-corrected chi connectivity index (χ2v) is 6.91. The molecular formula is C18H15F3N2O3S. The SMILES string of the molecule is COc1cc(C)c(NC(=O)Cn2sc3ccccc3c2=O)cc1C(F)(F)F. The molecule has 1 heterocycles. The maximum atomic E-state index is 13.2. The lowest BCUT2D eigenvalue weighted by Gasteiger charge is -2.16. The molecule has 1 aromatic heterocycles. The third-order valence-electron chi connectivity index (χ3n) is 3.97. The van der Waals surface area contributed by atoms with E-state index in [9.17, 15) is 22.8 Å². The molecule has 0 unspecified atom stereocenters. The Morgan fingerprint density at radius 3 is 2.59 bits per heavy atom. The van der Waals surface area contributed by atoms with Crippen LogP contribution in [0.5, 0.6) is 5.75 Å². The molecule has 27 heavy (non-hydrogen) atoms. The number of alkyl halides is 3. The number of rotatable bonds is 4. The minimum absolute atomic E-state index is 0.0160. The van der Waals surface area contributed by atoms with E-state index in [2.05, 4.69) is 5.32 Å². The number of aromatic nitrogens is 1. The molecule has 1 N–H and O–H groups in total. The molecule has 1 amide bonds. The molecule has 0 aliphatic rings. The number of nitrogens with one attached hydrogen (secondary N) is 1. The zero-order valence-corrected chi connectivity index (χ0v) is 15.2. The lowest BCUT2D eigenvalue weighted by atomic mass is 10.1. The topological polar surface area (TPSA) is 60.3 Å². The molecule has 3 rings (SSSR count). The van der Waals surface area contributed by atoms with Crippen LogP contribution < -0.4 is 15.6 Å². The summed E-state index contributed by atoms with van der Waals surface area (Å²) in [5.41, 5.74) is -0.864. The van der Waals surface area contributed by atoms with Gasteiger partial charge in [-0.3, -0.25) is 13.5 Å². The van der Waals surface area contributed by atoms with Crippen molar-refractivity contribution in [2.45, 2.75) is 19.6 Å². The first kappa shape index (κ1) is 19.0. The number of fused-ring (bicyclic) bond motifs is 1. The van der Waals surface area contributed by atoms with Crippen LogP contribution in [0.15, 0.2) is 41.2 Å². The molecule has 0 bridgehead atoms. The predicted molar refractivity (Wildman–Crippen MR) is 97.4 cm³/mol. The maximum absolute atomic E-state index is 13.2. The molecule has 0 spiro atoms. The molecule has 0 aliphatic heterocycles. The number of amides is 1. The van der Waals surface area contributed by atoms with Gasteiger partial charge >= 0.3 is 6.18 Å². The van der Waals surface area contributed by atoms with Crippen molar-refractivity contribution >= 4 is 33.2 Å². The number of ether oxygens (including phenoxy) is 1. The van der Waals surface area contributed by atoms with Crippen molar-refractivity contribution in [3.63, 3.8) is 0 Å². The molecule has 2 aromatic carbocycles. The van der Waals surface area contributed by atoms with Gasteiger partial charge in [-0.2, -0.15) is 13.2 Å². The highest BCUT2D eigenvalue weighted by molar-refractivity contribution is 7.13. The minimum Gasteiger partial charge on any atom is -0.496 e. The van der Waals surface area contributed by atoms with Crippen molar-refractivity contribution in [1.29, 1.82) is 0 Å². The van der Waals surface area contributed by atoms with E-state index in [1.54, 1.807) is 31.2 Å². The van der Waals surface area contributed by atoms with Crippen LogP contribution in [-0.2, 0) is 17.5 Å². The van der Waals surface area contributed by atoms with Crippen molar-refractivity contribution in [3.05, 3.63) is 57.9 Å². The molecule has 142 valence electrons. The highest BCUT2D eigenvalue weighted by Gasteiger charge is 2.35. The molecule has 0 saturated heterocycles. The van der Waals surface area contributed by atoms with Crippen LogP contribution in [0, 0.1) is 6.92 Å². The number of carbonyl (C=O) groups excluding carboxylic acids is 1. The molecule has 0 saturated carbocycles. The van der Waals surface area contributed by atoms with Crippen molar-refractivity contribution in [1.82, 2.24) is 3.96 Å². The zero-order chi connectivity index (χ0) is 19.8. The molecular weight excluding hydrogens is 381 g/mol. The largest absolute Gasteiger partial charge is 0.496 e. The number of halogens is 3. The van der Waals surface area contributed by atoms with E-state index in [-0.39, 0.29) is 23.5 Å². The predicted octanol–water partition coefficient (Wildman–Crippen LogP) is 4.04. The van der Waals surface area contributed by atoms with E-state index in [0.717, 1.165) is 29.4 Å². The second kappa shape index (κ2) is 7.07. The van der Waals surface area contributed by atoms with Gasteiger partial charge in [-0.05, 0) is 36.8 Å². The van der Waals surface area contributed by atoms with Gasteiger partial charge in [0.2, 0.25) is 5.91 Å². The fraction of sp³-hybridized carbons (Fsp3) is 0.222. The Hall–Kier alpha value is -2.81. The van der Waals surface area contributed by atoms with Crippen molar-refractivity contribution in [3.8, 4) is 5.75 Å². The van der Waals surface area contributed by atoms with Crippen LogP contribution in [0.3, 0.4) is 0 Å². The molecule has 9 heteroatoms. The van der Waals surface area contributed by atoms with Gasteiger partial charge in [0.15, 0.2) is 0 Å². The molecule has 0 atom stereocenters. The van der Waals surface area contributed by atoms with Crippen LogP contribution in [0.2, 0.25) is 0 Å². The Morgan fingerprint density at radius 2 is 1.96 bits per heavy atom. The summed E-state index contributed by atoms with van der Waals surface area (Å²) in [6.07, 6.45) is -4.62. The quantitative estimate of drug-likeness (QED) is 0.724. The number of carbonyl (C=O) groups is 1. The normalized spacial score (nSPS) is 11.6. The number of methoxy groups -OCH3 is 1. The number of hydrogen-bond donors (Lipinski definition) is 1. The number of anilines is 1. The van der Waals surface area contributed by atoms with E-state index >= 15 is 0 Å². The summed E-state index contributed by atoms with van der Waals surface area (Å²) in [6.45, 7) is 1.27. The number of aryl methyl sites for hydroxylation is 1. The van der Waals surface area contributed by atoms with Crippen LogP contribution in [0.25, 0.3) is 10.1 Å². The summed E-state index contributed by atoms with van der Waals surface area (Å²) >= 11 is 1.12. The number of hydrogen-bond acceptors (Lipinski definition) is 4. The Morgan fingerprint density at radius 1 is 1.26 bits per heavy atom. The average molecular weight is 396 g/mol. The number of benzene rings is 2. The molecule has 0 aliphatic carbocycles. The summed E-state index contributed by atoms with van der Waals surface area (Å²) in [7, 11) is 1.15. The summed E-state index contributed by atoms with van der Waals surface area (Å²) in [5, 5.41) is 2.94. The van der Waals surface area contributed by atoms with E-state index < -0.39 is 17.6 Å². The molecule has 0 radical (unpaired) electrons. The smallest absolute Gasteiger partial charge is 0.420 e. The molecule has 0 fully saturated rings. The van der Waals surface area contributed by atoms with Crippen molar-refractivity contribution in [2.75, 3.05) is 12.4 Å². The Bertz CT molecular complexity index is 1070. The summed E-state index contributed by atoms with van der Waals surface area (Å²) in [6, 6.07) is 8.97. The van der Waals surface area contributed by atoms with Gasteiger partial charge in [0.05, 0.1) is 22.8 Å². The monoisotopic (exact) mass is 396 g/mol. The third kappa shape index (κ3) is 3.82. The average Bonchev–Trinajstić information content (AvgIpc) is 2.91. The Labute approximate surface area is 156 Å². The van der Waals surface area contributed by atoms with Gasteiger partial charge < -0.3 is 10.1 Å². The summed E-state index contributed by atoms with van der Waals surface area (Å²) < 4.78 is 46.3. The van der Waals surface area contributed by atoms with Crippen molar-refractivity contribution < 1.29 is 22.7 Å². The minimum atomic E-state index is -4.62. The van der Waals surface area contributed by atoms with Crippen LogP contribution in [-0.4, -0.2) is 17.0 Å². The van der Waals surface area contributed by atoms with E-state index in [1.165, 1.54) is 10.0 Å². The van der Waals surface area contributed by atoms with Gasteiger partial charge in [0.25, 0.3) is 5.56 Å². The summed E-state index contributed by atoms with van der Waals surface area (Å²) in [4.78, 5) is 24.6. The molecule has 3 aromatic rings. The van der Waals surface area contributed by atoms with Gasteiger partial charge in [-0.25, -0.2) is 0 Å². The first-order chi connectivity index (χ1) is 12.7. The van der Waals surface area contributed by atoms with Gasteiger partial charge in [-0.1, -0.05) is 23.7 Å². The van der Waals surface area contributed by atoms with Crippen LogP contribution in [0.4, 0.5) is 18.9 Å². The first-order valence-electron chi connectivity index (χ1n) is 7.85. The van der Waals surface area contributed by atoms with Crippen molar-refractivity contribution in [2.24, 2.45) is 0 Å². The van der Waals surface area contributed by atoms with E-state index in [1.807, 2.05) is 0 Å². The number of nitrogens with zero attached hydrogens (tertiary/aromatic N) is 1. The first-order valence-corrected chi connectivity index (χ1v) is 8.62. The highest BCUT2D eigenvalue weighted by Crippen LogP contribution is 2.39. The third-order valence-corrected chi connectivity index (χ3v) is 5.03. The fourth-order valence-electron chi connectivity index (χ4n) is 2.65. The lowest BCUT2D eigenvalue weighted by Crippen LogP contribution is -2.24. The van der Waals surface area contributed by atoms with Gasteiger partial charge in [0, 0.05) is 5.69 Å². The fourth-order valence-corrected chi connectivity index (χ4v) is 3.64. The summed E-state index contributed by atoms with van der Waals surface area (Å²) in [5.74, 6) is -0.913. The zero-order valence-electron chi connectivity index (χ0n) is 14.4. The Balaban J connectivity index is 1.87. The van der Waals surface area contributed by atoms with Gasteiger partial charge in [0.1, 0.15) is 12.3 Å². The maximum Gasteiger partial charge on any atom is 0.420 e. The van der Waals surface area contributed by atoms with Gasteiger partial charge in [-0.15, -0.1) is 0 Å². The standard InChI is InChI=1S/C18H15F3N2O3S/c1-10-7-14(26-2)12(18(19,20)21)8-13(10)22-16(24)9-23-17(25)11-5-3-4-6-15(11)27-23/h3-8H,9H2,1-2H3,(H,22,24). The van der Waals surface area contributed by atoms with E-state index in [0.29, 0.717) is 10.9 Å². The Kier molecular flexibility index (Phi) is 4.97.